The number of nitrogens with zero attached hydrogens (tertiary/aromatic N) is 2. The lowest BCUT2D eigenvalue weighted by molar-refractivity contribution is -0.119. The third-order valence-electron chi connectivity index (χ3n) is 4.64. The number of hydrogen-bond donors (Lipinski definition) is 3. The lowest BCUT2D eigenvalue weighted by Crippen LogP contribution is -2.43. The number of aliphatic imine (C=N–C) groups is 1. The largest absolute Gasteiger partial charge is 0.497 e. The molecule has 2 rings (SSSR count). The molecule has 1 amide bonds. The van der Waals surface area contributed by atoms with Crippen molar-refractivity contribution in [3.63, 3.8) is 0 Å². The van der Waals surface area contributed by atoms with E-state index in [1.807, 2.05) is 26.0 Å². The van der Waals surface area contributed by atoms with Crippen molar-refractivity contribution < 1.29 is 9.53 Å². The number of benzene rings is 1. The van der Waals surface area contributed by atoms with Crippen LogP contribution in [0.15, 0.2) is 29.3 Å². The average Bonchev–Trinajstić information content (AvgIpc) is 3.21. The van der Waals surface area contributed by atoms with Gasteiger partial charge in [0.25, 0.3) is 0 Å². The molecule has 7 nitrogen and oxygen atoms in total. The zero-order valence-corrected chi connectivity index (χ0v) is 16.8. The maximum Gasteiger partial charge on any atom is 0.241 e. The standard InChI is InChI=1S/C20H33N5O2/c1-4-21-19(26)15-24-20(22-5-2)23-14-18(25-12-6-7-13-25)16-8-10-17(27-3)11-9-16/h8-11,18H,4-7,12-15H2,1-3H3,(H,21,26)(H2,22,23,24). The normalized spacial score (nSPS) is 16.0. The minimum Gasteiger partial charge on any atom is -0.497 e. The van der Waals surface area contributed by atoms with Crippen LogP contribution in [0, 0.1) is 0 Å². The van der Waals surface area contributed by atoms with Crippen LogP contribution in [-0.2, 0) is 4.79 Å². The number of likely N-dealkylation sites (tertiary alicyclic amines) is 1. The summed E-state index contributed by atoms with van der Waals surface area (Å²) in [5, 5.41) is 9.39. The summed E-state index contributed by atoms with van der Waals surface area (Å²) >= 11 is 0. The Balaban J connectivity index is 2.05. The Morgan fingerprint density at radius 2 is 1.78 bits per heavy atom. The fourth-order valence-corrected chi connectivity index (χ4v) is 3.28. The molecule has 1 aliphatic rings. The molecule has 1 atom stereocenters. The summed E-state index contributed by atoms with van der Waals surface area (Å²) in [5.41, 5.74) is 1.25. The van der Waals surface area contributed by atoms with Crippen LogP contribution in [0.2, 0.25) is 0 Å². The first kappa shape index (κ1) is 21.0. The SMILES string of the molecule is CCNC(=O)CN=C(NCC)NCC(c1ccc(OC)cc1)N1CCCC1. The molecule has 1 heterocycles. The highest BCUT2D eigenvalue weighted by atomic mass is 16.5. The van der Waals surface area contributed by atoms with Gasteiger partial charge in [0.1, 0.15) is 12.3 Å². The zero-order valence-electron chi connectivity index (χ0n) is 16.8. The zero-order chi connectivity index (χ0) is 19.5. The van der Waals surface area contributed by atoms with Gasteiger partial charge < -0.3 is 20.7 Å². The second-order valence-electron chi connectivity index (χ2n) is 6.56. The second-order valence-corrected chi connectivity index (χ2v) is 6.56. The highest BCUT2D eigenvalue weighted by Crippen LogP contribution is 2.26. The molecule has 1 aromatic carbocycles. The topological polar surface area (TPSA) is 78.0 Å². The summed E-state index contributed by atoms with van der Waals surface area (Å²) in [5.74, 6) is 1.46. The number of carbonyl (C=O) groups excluding carboxylic acids is 1. The van der Waals surface area contributed by atoms with E-state index >= 15 is 0 Å². The summed E-state index contributed by atoms with van der Waals surface area (Å²) in [4.78, 5) is 18.6. The number of hydrogen-bond acceptors (Lipinski definition) is 4. The number of methoxy groups -OCH3 is 1. The molecule has 0 saturated carbocycles. The van der Waals surface area contributed by atoms with E-state index in [0.717, 1.165) is 31.9 Å². The summed E-state index contributed by atoms with van der Waals surface area (Å²) in [6, 6.07) is 8.52. The van der Waals surface area contributed by atoms with Crippen LogP contribution in [0.25, 0.3) is 0 Å². The maximum absolute atomic E-state index is 11.7. The molecule has 0 bridgehead atoms. The first-order valence-electron chi connectivity index (χ1n) is 9.84. The number of guanidine groups is 1. The van der Waals surface area contributed by atoms with Crippen molar-refractivity contribution in [1.82, 2.24) is 20.9 Å². The van der Waals surface area contributed by atoms with E-state index in [4.69, 9.17) is 4.74 Å². The molecule has 0 aromatic heterocycles. The van der Waals surface area contributed by atoms with Crippen molar-refractivity contribution in [3.8, 4) is 5.75 Å². The fourth-order valence-electron chi connectivity index (χ4n) is 3.28. The molecule has 150 valence electrons. The quantitative estimate of drug-likeness (QED) is 0.451. The van der Waals surface area contributed by atoms with Gasteiger partial charge in [-0.05, 0) is 57.5 Å². The number of amides is 1. The third-order valence-corrected chi connectivity index (χ3v) is 4.64. The Hall–Kier alpha value is -2.28. The van der Waals surface area contributed by atoms with Gasteiger partial charge in [0.15, 0.2) is 5.96 Å². The minimum absolute atomic E-state index is 0.0686. The van der Waals surface area contributed by atoms with E-state index in [1.54, 1.807) is 7.11 Å². The first-order valence-corrected chi connectivity index (χ1v) is 9.84. The van der Waals surface area contributed by atoms with Gasteiger partial charge in [-0.15, -0.1) is 0 Å². The highest BCUT2D eigenvalue weighted by molar-refractivity contribution is 5.84. The van der Waals surface area contributed by atoms with Crippen molar-refractivity contribution in [2.24, 2.45) is 4.99 Å². The predicted molar refractivity (Wildman–Crippen MR) is 109 cm³/mol. The van der Waals surface area contributed by atoms with Crippen LogP contribution < -0.4 is 20.7 Å². The van der Waals surface area contributed by atoms with Gasteiger partial charge >= 0.3 is 0 Å². The molecule has 0 aliphatic carbocycles. The molecular weight excluding hydrogens is 342 g/mol. The lowest BCUT2D eigenvalue weighted by atomic mass is 10.1. The molecule has 3 N–H and O–H groups in total. The molecule has 1 aromatic rings. The molecule has 1 fully saturated rings. The first-order chi connectivity index (χ1) is 13.2. The second kappa shape index (κ2) is 11.4. The van der Waals surface area contributed by atoms with E-state index in [2.05, 4.69) is 38.0 Å². The van der Waals surface area contributed by atoms with Gasteiger partial charge in [-0.25, -0.2) is 4.99 Å². The van der Waals surface area contributed by atoms with Gasteiger partial charge in [-0.3, -0.25) is 9.69 Å². The van der Waals surface area contributed by atoms with E-state index in [-0.39, 0.29) is 18.5 Å². The molecule has 27 heavy (non-hydrogen) atoms. The smallest absolute Gasteiger partial charge is 0.241 e. The van der Waals surface area contributed by atoms with E-state index in [0.29, 0.717) is 12.5 Å². The molecular formula is C20H33N5O2. The van der Waals surface area contributed by atoms with E-state index in [1.165, 1.54) is 18.4 Å². The molecule has 7 heteroatoms. The summed E-state index contributed by atoms with van der Waals surface area (Å²) in [6.07, 6.45) is 2.47. The van der Waals surface area contributed by atoms with Crippen LogP contribution in [0.5, 0.6) is 5.75 Å². The Bertz CT molecular complexity index is 597. The van der Waals surface area contributed by atoms with Crippen molar-refractivity contribution in [1.29, 1.82) is 0 Å². The van der Waals surface area contributed by atoms with Crippen LogP contribution in [0.1, 0.15) is 38.3 Å². The molecule has 1 saturated heterocycles. The van der Waals surface area contributed by atoms with E-state index < -0.39 is 0 Å². The molecule has 1 aliphatic heterocycles. The van der Waals surface area contributed by atoms with Gasteiger partial charge in [-0.1, -0.05) is 12.1 Å². The molecule has 1 unspecified atom stereocenters. The Morgan fingerprint density at radius 1 is 1.11 bits per heavy atom. The van der Waals surface area contributed by atoms with Crippen LogP contribution in [0.3, 0.4) is 0 Å². The predicted octanol–water partition coefficient (Wildman–Crippen LogP) is 1.52. The van der Waals surface area contributed by atoms with Gasteiger partial charge in [-0.2, -0.15) is 0 Å². The third kappa shape index (κ3) is 6.75. The fraction of sp³-hybridized carbons (Fsp3) is 0.600. The van der Waals surface area contributed by atoms with Gasteiger partial charge in [0.2, 0.25) is 5.91 Å². The number of ether oxygens (including phenoxy) is 1. The summed E-state index contributed by atoms with van der Waals surface area (Å²) in [7, 11) is 1.68. The summed E-state index contributed by atoms with van der Waals surface area (Å²) in [6.45, 7) is 8.35. The average molecular weight is 376 g/mol. The van der Waals surface area contributed by atoms with Crippen LogP contribution in [-0.4, -0.2) is 63.1 Å². The van der Waals surface area contributed by atoms with Crippen molar-refractivity contribution in [2.45, 2.75) is 32.7 Å². The van der Waals surface area contributed by atoms with Crippen molar-refractivity contribution >= 4 is 11.9 Å². The molecule has 0 radical (unpaired) electrons. The van der Waals surface area contributed by atoms with Gasteiger partial charge in [0, 0.05) is 19.6 Å². The molecule has 0 spiro atoms. The summed E-state index contributed by atoms with van der Waals surface area (Å²) < 4.78 is 5.28. The van der Waals surface area contributed by atoms with Crippen molar-refractivity contribution in [3.05, 3.63) is 29.8 Å². The number of carbonyl (C=O) groups is 1. The Kier molecular flexibility index (Phi) is 8.91. The Morgan fingerprint density at radius 3 is 2.37 bits per heavy atom. The van der Waals surface area contributed by atoms with Crippen LogP contribution in [0.4, 0.5) is 0 Å². The monoisotopic (exact) mass is 375 g/mol. The minimum atomic E-state index is -0.0686. The number of likely N-dealkylation sites (N-methyl/N-ethyl adjacent to an activating group) is 1. The van der Waals surface area contributed by atoms with Crippen molar-refractivity contribution in [2.75, 3.05) is 46.4 Å². The number of rotatable bonds is 9. The number of nitrogens with one attached hydrogen (secondary N) is 3. The van der Waals surface area contributed by atoms with Gasteiger partial charge in [0.05, 0.1) is 13.2 Å². The van der Waals surface area contributed by atoms with E-state index in [9.17, 15) is 4.79 Å². The Labute approximate surface area is 162 Å². The van der Waals surface area contributed by atoms with Crippen LogP contribution >= 0.6 is 0 Å². The highest BCUT2D eigenvalue weighted by Gasteiger charge is 2.23. The lowest BCUT2D eigenvalue weighted by Gasteiger charge is -2.29. The maximum atomic E-state index is 11.7.